The van der Waals surface area contributed by atoms with Crippen LogP contribution < -0.4 is 14.8 Å². The van der Waals surface area contributed by atoms with E-state index >= 15 is 0 Å². The van der Waals surface area contributed by atoms with Crippen LogP contribution >= 0.6 is 11.6 Å². The minimum Gasteiger partial charge on any atom is -0.493 e. The average Bonchev–Trinajstić information content (AvgIpc) is 2.62. The van der Waals surface area contributed by atoms with Crippen LogP contribution in [0.15, 0.2) is 42.5 Å². The van der Waals surface area contributed by atoms with Crippen molar-refractivity contribution in [2.75, 3.05) is 33.9 Å². The molecule has 0 radical (unpaired) electrons. The number of piperazine rings is 1. The van der Waals surface area contributed by atoms with Crippen LogP contribution in [0.1, 0.15) is 17.2 Å². The van der Waals surface area contributed by atoms with Crippen LogP contribution in [0.25, 0.3) is 0 Å². The zero-order chi connectivity index (χ0) is 16.9. The number of benzene rings is 2. The lowest BCUT2D eigenvalue weighted by Crippen LogP contribution is -2.45. The summed E-state index contributed by atoms with van der Waals surface area (Å²) in [7, 11) is 3.32. The zero-order valence-electron chi connectivity index (χ0n) is 14.1. The maximum atomic E-state index is 6.42. The van der Waals surface area contributed by atoms with Gasteiger partial charge in [0.25, 0.3) is 0 Å². The van der Waals surface area contributed by atoms with Crippen molar-refractivity contribution in [3.8, 4) is 11.5 Å². The van der Waals surface area contributed by atoms with Crippen molar-refractivity contribution in [1.82, 2.24) is 10.2 Å². The Labute approximate surface area is 148 Å². The average molecular weight is 347 g/mol. The molecule has 24 heavy (non-hydrogen) atoms. The van der Waals surface area contributed by atoms with Crippen LogP contribution in [0, 0.1) is 0 Å². The van der Waals surface area contributed by atoms with E-state index in [9.17, 15) is 0 Å². The Kier molecular flexibility index (Phi) is 5.61. The van der Waals surface area contributed by atoms with Crippen LogP contribution in [0.4, 0.5) is 0 Å². The van der Waals surface area contributed by atoms with E-state index in [0.717, 1.165) is 42.7 Å². The van der Waals surface area contributed by atoms with Gasteiger partial charge in [-0.1, -0.05) is 35.9 Å². The number of halogens is 1. The summed E-state index contributed by atoms with van der Waals surface area (Å²) in [5.74, 6) is 1.52. The molecule has 5 heteroatoms. The number of hydrogen-bond donors (Lipinski definition) is 1. The second-order valence-electron chi connectivity index (χ2n) is 5.90. The molecule has 0 aliphatic carbocycles. The summed E-state index contributed by atoms with van der Waals surface area (Å²) in [4.78, 5) is 2.46. The Hall–Kier alpha value is -1.75. The predicted octanol–water partition coefficient (Wildman–Crippen LogP) is 3.50. The molecule has 2 aromatic rings. The summed E-state index contributed by atoms with van der Waals surface area (Å²) < 4.78 is 10.7. The van der Waals surface area contributed by atoms with Crippen molar-refractivity contribution in [3.05, 3.63) is 58.6 Å². The minimum atomic E-state index is 0.264. The van der Waals surface area contributed by atoms with Gasteiger partial charge in [0.15, 0.2) is 11.5 Å². The first-order chi connectivity index (χ1) is 11.7. The van der Waals surface area contributed by atoms with E-state index < -0.39 is 0 Å². The molecule has 1 unspecified atom stereocenters. The largest absolute Gasteiger partial charge is 0.493 e. The van der Waals surface area contributed by atoms with Crippen LogP contribution in [0.3, 0.4) is 0 Å². The lowest BCUT2D eigenvalue weighted by atomic mass is 10.0. The van der Waals surface area contributed by atoms with Crippen LogP contribution in [0.2, 0.25) is 5.02 Å². The fourth-order valence-electron chi connectivity index (χ4n) is 3.20. The fourth-order valence-corrected chi connectivity index (χ4v) is 3.46. The summed E-state index contributed by atoms with van der Waals surface area (Å²) >= 11 is 6.42. The Bertz CT molecular complexity index is 693. The molecular formula is C19H23ClN2O2. The van der Waals surface area contributed by atoms with E-state index in [-0.39, 0.29) is 6.04 Å². The standard InChI is InChI=1S/C19H23ClN2O2/c1-23-18-8-7-14(11-19(18)24-2)13-22-10-9-21-12-17(22)15-5-3-4-6-16(15)20/h3-8,11,17,21H,9-10,12-13H2,1-2H3. The van der Waals surface area contributed by atoms with Gasteiger partial charge in [-0.2, -0.15) is 0 Å². The summed E-state index contributed by atoms with van der Waals surface area (Å²) in [6.45, 7) is 3.70. The van der Waals surface area contributed by atoms with Crippen molar-refractivity contribution in [2.24, 2.45) is 0 Å². The number of methoxy groups -OCH3 is 2. The van der Waals surface area contributed by atoms with Crippen molar-refractivity contribution in [2.45, 2.75) is 12.6 Å². The quantitative estimate of drug-likeness (QED) is 0.898. The van der Waals surface area contributed by atoms with Crippen molar-refractivity contribution in [1.29, 1.82) is 0 Å². The van der Waals surface area contributed by atoms with Gasteiger partial charge in [-0.15, -0.1) is 0 Å². The Balaban J connectivity index is 1.83. The Morgan fingerprint density at radius 3 is 2.67 bits per heavy atom. The van der Waals surface area contributed by atoms with Crippen LogP contribution in [0.5, 0.6) is 11.5 Å². The molecule has 1 N–H and O–H groups in total. The molecule has 1 heterocycles. The highest BCUT2D eigenvalue weighted by Gasteiger charge is 2.25. The summed E-state index contributed by atoms with van der Waals surface area (Å²) in [6, 6.07) is 14.5. The van der Waals surface area contributed by atoms with Crippen LogP contribution in [-0.2, 0) is 6.54 Å². The highest BCUT2D eigenvalue weighted by atomic mass is 35.5. The van der Waals surface area contributed by atoms with E-state index in [1.54, 1.807) is 14.2 Å². The van der Waals surface area contributed by atoms with Gasteiger partial charge in [0.2, 0.25) is 0 Å². The molecule has 1 aliphatic rings. The van der Waals surface area contributed by atoms with Gasteiger partial charge >= 0.3 is 0 Å². The number of nitrogens with zero attached hydrogens (tertiary/aromatic N) is 1. The maximum Gasteiger partial charge on any atom is 0.161 e. The summed E-state index contributed by atoms with van der Waals surface area (Å²) in [6.07, 6.45) is 0. The molecule has 128 valence electrons. The number of ether oxygens (including phenoxy) is 2. The van der Waals surface area contributed by atoms with Crippen molar-refractivity contribution in [3.63, 3.8) is 0 Å². The molecule has 4 nitrogen and oxygen atoms in total. The van der Waals surface area contributed by atoms with Gasteiger partial charge < -0.3 is 14.8 Å². The molecular weight excluding hydrogens is 324 g/mol. The topological polar surface area (TPSA) is 33.7 Å². The van der Waals surface area contributed by atoms with E-state index in [2.05, 4.69) is 22.3 Å². The third kappa shape index (κ3) is 3.66. The molecule has 2 aromatic carbocycles. The third-order valence-electron chi connectivity index (χ3n) is 4.45. The Morgan fingerprint density at radius 1 is 1.12 bits per heavy atom. The molecule has 0 aromatic heterocycles. The zero-order valence-corrected chi connectivity index (χ0v) is 14.8. The molecule has 1 fully saturated rings. The Morgan fingerprint density at radius 2 is 1.92 bits per heavy atom. The molecule has 1 saturated heterocycles. The summed E-state index contributed by atoms with van der Waals surface area (Å²) in [5, 5.41) is 4.29. The lowest BCUT2D eigenvalue weighted by Gasteiger charge is -2.37. The van der Waals surface area contributed by atoms with Gasteiger partial charge in [-0.25, -0.2) is 0 Å². The number of nitrogens with one attached hydrogen (secondary N) is 1. The first-order valence-electron chi connectivity index (χ1n) is 8.13. The molecule has 0 bridgehead atoms. The minimum absolute atomic E-state index is 0.264. The molecule has 0 spiro atoms. The highest BCUT2D eigenvalue weighted by molar-refractivity contribution is 6.31. The van der Waals surface area contributed by atoms with E-state index in [1.807, 2.05) is 30.3 Å². The van der Waals surface area contributed by atoms with Crippen LogP contribution in [-0.4, -0.2) is 38.8 Å². The van der Waals surface area contributed by atoms with Gasteiger partial charge in [-0.05, 0) is 29.3 Å². The lowest BCUT2D eigenvalue weighted by molar-refractivity contribution is 0.153. The SMILES string of the molecule is COc1ccc(CN2CCNCC2c2ccccc2Cl)cc1OC. The second-order valence-corrected chi connectivity index (χ2v) is 6.31. The number of hydrogen-bond acceptors (Lipinski definition) is 4. The van der Waals surface area contributed by atoms with E-state index in [0.29, 0.717) is 0 Å². The molecule has 0 saturated carbocycles. The second kappa shape index (κ2) is 7.88. The first kappa shape index (κ1) is 17.1. The van der Waals surface area contributed by atoms with E-state index in [1.165, 1.54) is 11.1 Å². The molecule has 1 atom stereocenters. The van der Waals surface area contributed by atoms with Gasteiger partial charge in [0, 0.05) is 37.2 Å². The first-order valence-corrected chi connectivity index (χ1v) is 8.51. The predicted molar refractivity (Wildman–Crippen MR) is 97.0 cm³/mol. The highest BCUT2D eigenvalue weighted by Crippen LogP contribution is 2.32. The third-order valence-corrected chi connectivity index (χ3v) is 4.80. The van der Waals surface area contributed by atoms with Gasteiger partial charge in [0.05, 0.1) is 14.2 Å². The molecule has 1 aliphatic heterocycles. The normalized spacial score (nSPS) is 18.4. The smallest absolute Gasteiger partial charge is 0.161 e. The maximum absolute atomic E-state index is 6.42. The number of rotatable bonds is 5. The van der Waals surface area contributed by atoms with E-state index in [4.69, 9.17) is 21.1 Å². The fraction of sp³-hybridized carbons (Fsp3) is 0.368. The van der Waals surface area contributed by atoms with Crippen molar-refractivity contribution >= 4 is 11.6 Å². The van der Waals surface area contributed by atoms with Gasteiger partial charge in [-0.3, -0.25) is 4.90 Å². The van der Waals surface area contributed by atoms with Crippen molar-refractivity contribution < 1.29 is 9.47 Å². The van der Waals surface area contributed by atoms with Gasteiger partial charge in [0.1, 0.15) is 0 Å². The molecule has 3 rings (SSSR count). The monoisotopic (exact) mass is 346 g/mol. The molecule has 0 amide bonds. The summed E-state index contributed by atoms with van der Waals surface area (Å²) in [5.41, 5.74) is 2.37.